The number of nitrogens with two attached hydrogens (primary N) is 1. The molecule has 2 aromatic rings. The van der Waals surface area contributed by atoms with E-state index in [2.05, 4.69) is 39.0 Å². The molecule has 0 aliphatic heterocycles. The molecular weight excluding hydrogens is 280 g/mol. The topological polar surface area (TPSA) is 56.7 Å². The van der Waals surface area contributed by atoms with Crippen molar-refractivity contribution in [2.45, 2.75) is 19.4 Å². The lowest BCUT2D eigenvalue weighted by atomic mass is 10.0. The van der Waals surface area contributed by atoms with Crippen LogP contribution in [0.5, 0.6) is 0 Å². The minimum Gasteiger partial charge on any atom is -0.324 e. The van der Waals surface area contributed by atoms with Crippen LogP contribution in [0.2, 0.25) is 0 Å². The van der Waals surface area contributed by atoms with E-state index in [4.69, 9.17) is 5.73 Å². The summed E-state index contributed by atoms with van der Waals surface area (Å²) in [5.74, 6) is 0.901. The Kier molecular flexibility index (Phi) is 3.59. The summed E-state index contributed by atoms with van der Waals surface area (Å²) >= 11 is 3.48. The van der Waals surface area contributed by atoms with Gasteiger partial charge in [-0.05, 0) is 24.1 Å². The van der Waals surface area contributed by atoms with Crippen LogP contribution in [0.1, 0.15) is 23.0 Å². The average Bonchev–Trinajstić information content (AvgIpc) is 2.68. The minimum absolute atomic E-state index is 0.0512. The number of benzene rings is 1. The second-order valence-electron chi connectivity index (χ2n) is 4.12. The predicted molar refractivity (Wildman–Crippen MR) is 70.5 cm³/mol. The van der Waals surface area contributed by atoms with Crippen LogP contribution >= 0.6 is 15.9 Å². The molecule has 0 bridgehead atoms. The molecule has 1 unspecified atom stereocenters. The molecule has 0 aliphatic carbocycles. The van der Waals surface area contributed by atoms with Crippen LogP contribution in [-0.2, 0) is 13.5 Å². The highest BCUT2D eigenvalue weighted by Crippen LogP contribution is 2.21. The van der Waals surface area contributed by atoms with Crippen LogP contribution in [-0.4, -0.2) is 14.8 Å². The van der Waals surface area contributed by atoms with Gasteiger partial charge < -0.3 is 5.73 Å². The second-order valence-corrected chi connectivity index (χ2v) is 4.97. The maximum Gasteiger partial charge on any atom is 0.138 e. The quantitative estimate of drug-likeness (QED) is 0.943. The van der Waals surface area contributed by atoms with Gasteiger partial charge in [-0.25, -0.2) is 4.98 Å². The molecule has 1 aromatic heterocycles. The minimum atomic E-state index is -0.0512. The lowest BCUT2D eigenvalue weighted by Gasteiger charge is -2.12. The monoisotopic (exact) mass is 294 g/mol. The molecular formula is C12H15BrN4. The standard InChI is InChI=1S/C12H15BrN4/c1-8-5-9(3-4-10(8)13)11(14)6-12-15-7-16-17(12)2/h3-5,7,11H,6,14H2,1-2H3. The number of halogens is 1. The van der Waals surface area contributed by atoms with E-state index in [0.717, 1.165) is 15.9 Å². The maximum atomic E-state index is 6.18. The summed E-state index contributed by atoms with van der Waals surface area (Å²) in [5.41, 5.74) is 8.49. The van der Waals surface area contributed by atoms with E-state index in [0.29, 0.717) is 6.42 Å². The summed E-state index contributed by atoms with van der Waals surface area (Å²) in [6, 6.07) is 6.12. The van der Waals surface area contributed by atoms with E-state index in [1.807, 2.05) is 19.2 Å². The molecule has 0 amide bonds. The number of nitrogens with zero attached hydrogens (tertiary/aromatic N) is 3. The molecule has 1 heterocycles. The number of aromatic nitrogens is 3. The fraction of sp³-hybridized carbons (Fsp3) is 0.333. The molecule has 5 heteroatoms. The van der Waals surface area contributed by atoms with Crippen LogP contribution in [0.15, 0.2) is 29.0 Å². The number of hydrogen-bond donors (Lipinski definition) is 1. The van der Waals surface area contributed by atoms with Gasteiger partial charge in [0.25, 0.3) is 0 Å². The van der Waals surface area contributed by atoms with E-state index < -0.39 is 0 Å². The first-order valence-corrected chi connectivity index (χ1v) is 6.21. The summed E-state index contributed by atoms with van der Waals surface area (Å²) in [4.78, 5) is 4.18. The van der Waals surface area contributed by atoms with Gasteiger partial charge in [0.2, 0.25) is 0 Å². The SMILES string of the molecule is Cc1cc(C(N)Cc2ncnn2C)ccc1Br. The van der Waals surface area contributed by atoms with Crippen LogP contribution in [0.25, 0.3) is 0 Å². The first-order valence-electron chi connectivity index (χ1n) is 5.42. The van der Waals surface area contributed by atoms with Gasteiger partial charge in [0, 0.05) is 24.0 Å². The summed E-state index contributed by atoms with van der Waals surface area (Å²) in [6.45, 7) is 2.06. The van der Waals surface area contributed by atoms with Crippen molar-refractivity contribution < 1.29 is 0 Å². The summed E-state index contributed by atoms with van der Waals surface area (Å²) in [7, 11) is 1.88. The highest BCUT2D eigenvalue weighted by Gasteiger charge is 2.11. The molecule has 0 saturated carbocycles. The third-order valence-corrected chi connectivity index (χ3v) is 3.71. The van der Waals surface area contributed by atoms with Crippen molar-refractivity contribution in [3.8, 4) is 0 Å². The number of rotatable bonds is 3. The Morgan fingerprint density at radius 1 is 1.47 bits per heavy atom. The van der Waals surface area contributed by atoms with Crippen molar-refractivity contribution in [2.24, 2.45) is 12.8 Å². The number of hydrogen-bond acceptors (Lipinski definition) is 3. The molecule has 1 aromatic carbocycles. The van der Waals surface area contributed by atoms with Gasteiger partial charge in [0.1, 0.15) is 12.2 Å². The maximum absolute atomic E-state index is 6.18. The Morgan fingerprint density at radius 3 is 2.82 bits per heavy atom. The zero-order valence-corrected chi connectivity index (χ0v) is 11.5. The number of aryl methyl sites for hydroxylation is 2. The van der Waals surface area contributed by atoms with Gasteiger partial charge in [0.05, 0.1) is 0 Å². The van der Waals surface area contributed by atoms with Crippen molar-refractivity contribution in [3.63, 3.8) is 0 Å². The Bertz CT molecular complexity index is 521. The Hall–Kier alpha value is -1.20. The normalized spacial score (nSPS) is 12.7. The van der Waals surface area contributed by atoms with E-state index in [1.54, 1.807) is 11.0 Å². The second kappa shape index (κ2) is 4.98. The average molecular weight is 295 g/mol. The summed E-state index contributed by atoms with van der Waals surface area (Å²) < 4.78 is 2.86. The third kappa shape index (κ3) is 2.73. The molecule has 0 saturated heterocycles. The largest absolute Gasteiger partial charge is 0.324 e. The molecule has 17 heavy (non-hydrogen) atoms. The van der Waals surface area contributed by atoms with Gasteiger partial charge in [-0.2, -0.15) is 5.10 Å². The lowest BCUT2D eigenvalue weighted by molar-refractivity contribution is 0.629. The Morgan fingerprint density at radius 2 is 2.24 bits per heavy atom. The molecule has 0 aliphatic rings. The molecule has 2 rings (SSSR count). The molecule has 0 radical (unpaired) electrons. The van der Waals surface area contributed by atoms with Gasteiger partial charge >= 0.3 is 0 Å². The summed E-state index contributed by atoms with van der Waals surface area (Å²) in [5, 5.41) is 4.04. The molecule has 2 N–H and O–H groups in total. The van der Waals surface area contributed by atoms with Crippen molar-refractivity contribution in [1.82, 2.24) is 14.8 Å². The predicted octanol–water partition coefficient (Wildman–Crippen LogP) is 2.13. The van der Waals surface area contributed by atoms with Crippen LogP contribution in [0.3, 0.4) is 0 Å². The van der Waals surface area contributed by atoms with Gasteiger partial charge in [0.15, 0.2) is 0 Å². The first-order chi connectivity index (χ1) is 8.08. The van der Waals surface area contributed by atoms with Crippen LogP contribution in [0.4, 0.5) is 0 Å². The van der Waals surface area contributed by atoms with E-state index in [9.17, 15) is 0 Å². The van der Waals surface area contributed by atoms with Crippen LogP contribution < -0.4 is 5.73 Å². The Balaban J connectivity index is 2.17. The Labute approximate surface area is 109 Å². The van der Waals surface area contributed by atoms with Crippen molar-refractivity contribution >= 4 is 15.9 Å². The first kappa shape index (κ1) is 12.3. The van der Waals surface area contributed by atoms with E-state index >= 15 is 0 Å². The van der Waals surface area contributed by atoms with E-state index in [1.165, 1.54) is 5.56 Å². The molecule has 0 spiro atoms. The zero-order chi connectivity index (χ0) is 12.4. The lowest BCUT2D eigenvalue weighted by Crippen LogP contribution is -2.16. The van der Waals surface area contributed by atoms with E-state index in [-0.39, 0.29) is 6.04 Å². The highest BCUT2D eigenvalue weighted by molar-refractivity contribution is 9.10. The third-order valence-electron chi connectivity index (χ3n) is 2.82. The van der Waals surface area contributed by atoms with Crippen molar-refractivity contribution in [3.05, 3.63) is 46.0 Å². The smallest absolute Gasteiger partial charge is 0.138 e. The fourth-order valence-electron chi connectivity index (χ4n) is 1.72. The van der Waals surface area contributed by atoms with Crippen molar-refractivity contribution in [1.29, 1.82) is 0 Å². The molecule has 4 nitrogen and oxygen atoms in total. The van der Waals surface area contributed by atoms with Crippen LogP contribution in [0, 0.1) is 6.92 Å². The zero-order valence-electron chi connectivity index (χ0n) is 9.89. The van der Waals surface area contributed by atoms with Gasteiger partial charge in [-0.15, -0.1) is 0 Å². The van der Waals surface area contributed by atoms with Crippen molar-refractivity contribution in [2.75, 3.05) is 0 Å². The molecule has 1 atom stereocenters. The molecule has 0 fully saturated rings. The molecule has 90 valence electrons. The van der Waals surface area contributed by atoms with Gasteiger partial charge in [-0.3, -0.25) is 4.68 Å². The highest BCUT2D eigenvalue weighted by atomic mass is 79.9. The summed E-state index contributed by atoms with van der Waals surface area (Å²) in [6.07, 6.45) is 2.24. The van der Waals surface area contributed by atoms with Gasteiger partial charge in [-0.1, -0.05) is 28.1 Å². The fourth-order valence-corrected chi connectivity index (χ4v) is 1.96.